The van der Waals surface area contributed by atoms with Gasteiger partial charge in [0.05, 0.1) is 42.2 Å². The van der Waals surface area contributed by atoms with Crippen LogP contribution in [0.5, 0.6) is 5.75 Å². The smallest absolute Gasteiger partial charge is 0.407 e. The van der Waals surface area contributed by atoms with Gasteiger partial charge in [0.15, 0.2) is 6.79 Å². The van der Waals surface area contributed by atoms with E-state index >= 15 is 4.39 Å². The highest BCUT2D eigenvalue weighted by Gasteiger charge is 2.51. The summed E-state index contributed by atoms with van der Waals surface area (Å²) in [5.41, 5.74) is 2.22. The zero-order chi connectivity index (χ0) is 27.0. The van der Waals surface area contributed by atoms with Crippen LogP contribution in [-0.2, 0) is 11.8 Å². The Morgan fingerprint density at radius 2 is 2.00 bits per heavy atom. The maximum absolute atomic E-state index is 15.4. The number of nitrogens with zero attached hydrogens (tertiary/aromatic N) is 6. The maximum Gasteiger partial charge on any atom is 0.407 e. The molecule has 3 aromatic rings. The van der Waals surface area contributed by atoms with Crippen LogP contribution >= 0.6 is 0 Å². The number of ether oxygens (including phenoxy) is 2. The van der Waals surface area contributed by atoms with Crippen molar-refractivity contribution in [1.82, 2.24) is 24.4 Å². The van der Waals surface area contributed by atoms with E-state index in [1.54, 1.807) is 37.5 Å². The molecule has 2 fully saturated rings. The van der Waals surface area contributed by atoms with Crippen LogP contribution in [0, 0.1) is 0 Å². The highest BCUT2D eigenvalue weighted by molar-refractivity contribution is 5.73. The number of halogens is 1. The molecule has 2 saturated heterocycles. The van der Waals surface area contributed by atoms with Crippen molar-refractivity contribution in [3.05, 3.63) is 53.3 Å². The number of anilines is 1. The first kappa shape index (κ1) is 25.6. The number of piperidine rings is 1. The van der Waals surface area contributed by atoms with Crippen molar-refractivity contribution >= 4 is 11.9 Å². The molecular formula is C26H29FN6O5. The molecule has 0 spiro atoms. The zero-order valence-electron chi connectivity index (χ0n) is 21.3. The van der Waals surface area contributed by atoms with Gasteiger partial charge >= 0.3 is 6.09 Å². The van der Waals surface area contributed by atoms with E-state index in [-0.39, 0.29) is 18.4 Å². The molecule has 1 amide bonds. The first-order valence-electron chi connectivity index (χ1n) is 12.3. The van der Waals surface area contributed by atoms with E-state index in [1.807, 2.05) is 12.1 Å². The molecule has 0 unspecified atom stereocenters. The number of alkyl halides is 1. The minimum Gasteiger partial charge on any atom is -0.467 e. The second kappa shape index (κ2) is 10.4. The number of rotatable bonds is 7. The predicted octanol–water partition coefficient (Wildman–Crippen LogP) is 2.94. The second-order valence-corrected chi connectivity index (χ2v) is 9.59. The lowest BCUT2D eigenvalue weighted by atomic mass is 9.94. The standard InChI is InChI=1S/C26H29FN6O5/c1-31-13-30-18(10-24(31)34)15-4-6-17(22(8-15)38-14-37-3)19-11-29-23(12-28-19)32(2)21-9-16-5-7-20(25(21)27)33(16)26(35)36/h4,6,8,10-13,16,20-21,25H,5,7,9,14H2,1-3H3,(H,35,36)/t16-,20+,21-,25+/m1/s1. The Kier molecular flexibility index (Phi) is 6.98. The highest BCUT2D eigenvalue weighted by Crippen LogP contribution is 2.40. The van der Waals surface area contributed by atoms with Gasteiger partial charge in [0.1, 0.15) is 17.7 Å². The largest absolute Gasteiger partial charge is 0.467 e. The van der Waals surface area contributed by atoms with E-state index in [4.69, 9.17) is 9.47 Å². The van der Waals surface area contributed by atoms with Gasteiger partial charge in [-0.15, -0.1) is 0 Å². The number of aromatic nitrogens is 4. The Balaban J connectivity index is 1.39. The first-order valence-corrected chi connectivity index (χ1v) is 12.3. The molecule has 2 bridgehead atoms. The highest BCUT2D eigenvalue weighted by atomic mass is 19.1. The van der Waals surface area contributed by atoms with Gasteiger partial charge < -0.3 is 24.0 Å². The lowest BCUT2D eigenvalue weighted by Gasteiger charge is -2.43. The SMILES string of the molecule is COCOc1cc(-c2cc(=O)n(C)cn2)ccc1-c1cnc(N(C)[C@@H]2C[C@H]3CC[C@@H]([C@@H]2F)N3C(=O)O)cn1. The molecular weight excluding hydrogens is 495 g/mol. The average molecular weight is 525 g/mol. The lowest BCUT2D eigenvalue weighted by Crippen LogP contribution is -2.58. The van der Waals surface area contributed by atoms with Crippen molar-refractivity contribution in [3.63, 3.8) is 0 Å². The lowest BCUT2D eigenvalue weighted by molar-refractivity contribution is 0.0489. The monoisotopic (exact) mass is 524 g/mol. The fourth-order valence-corrected chi connectivity index (χ4v) is 5.36. The number of carboxylic acid groups (broad SMARTS) is 1. The topological polar surface area (TPSA) is 123 Å². The summed E-state index contributed by atoms with van der Waals surface area (Å²) in [5, 5.41) is 9.49. The van der Waals surface area contributed by atoms with Crippen molar-refractivity contribution in [2.45, 2.75) is 43.6 Å². The Bertz CT molecular complexity index is 1380. The van der Waals surface area contributed by atoms with Gasteiger partial charge in [-0.1, -0.05) is 6.07 Å². The Hall–Kier alpha value is -4.06. The van der Waals surface area contributed by atoms with Crippen LogP contribution in [0.3, 0.4) is 0 Å². The van der Waals surface area contributed by atoms with E-state index in [9.17, 15) is 14.7 Å². The number of benzene rings is 1. The van der Waals surface area contributed by atoms with Gasteiger partial charge in [-0.3, -0.25) is 14.7 Å². The van der Waals surface area contributed by atoms with Crippen LogP contribution in [0.15, 0.2) is 47.8 Å². The van der Waals surface area contributed by atoms with E-state index < -0.39 is 24.3 Å². The fraction of sp³-hybridized carbons (Fsp3) is 0.423. The third-order valence-corrected chi connectivity index (χ3v) is 7.38. The summed E-state index contributed by atoms with van der Waals surface area (Å²) in [6.07, 6.45) is 3.84. The summed E-state index contributed by atoms with van der Waals surface area (Å²) in [4.78, 5) is 40.1. The van der Waals surface area contributed by atoms with E-state index in [0.717, 1.165) is 0 Å². The summed E-state index contributed by atoms with van der Waals surface area (Å²) in [7, 11) is 4.91. The first-order chi connectivity index (χ1) is 18.3. The second-order valence-electron chi connectivity index (χ2n) is 9.59. The third kappa shape index (κ3) is 4.67. The van der Waals surface area contributed by atoms with Crippen LogP contribution in [0.4, 0.5) is 15.0 Å². The quantitative estimate of drug-likeness (QED) is 0.465. The van der Waals surface area contributed by atoms with Gasteiger partial charge in [-0.2, -0.15) is 0 Å². The molecule has 12 heteroatoms. The van der Waals surface area contributed by atoms with Crippen molar-refractivity contribution < 1.29 is 23.8 Å². The van der Waals surface area contributed by atoms with Gasteiger partial charge in [-0.25, -0.2) is 19.2 Å². The van der Waals surface area contributed by atoms with Gasteiger partial charge in [0, 0.05) is 44.4 Å². The molecule has 4 atom stereocenters. The summed E-state index contributed by atoms with van der Waals surface area (Å²) in [6, 6.07) is 5.52. The molecule has 2 aliphatic rings. The van der Waals surface area contributed by atoms with E-state index in [0.29, 0.717) is 53.3 Å². The van der Waals surface area contributed by atoms with Crippen molar-refractivity contribution in [2.75, 3.05) is 25.9 Å². The fourth-order valence-electron chi connectivity index (χ4n) is 5.36. The molecule has 1 N–H and O–H groups in total. The molecule has 2 aromatic heterocycles. The van der Waals surface area contributed by atoms with Crippen LogP contribution in [0.2, 0.25) is 0 Å². The summed E-state index contributed by atoms with van der Waals surface area (Å²) in [6.45, 7) is 0.00392. The number of fused-ring (bicyclic) bond motifs is 2. The molecule has 11 nitrogen and oxygen atoms in total. The minimum absolute atomic E-state index is 0.00392. The normalized spacial score (nSPS) is 22.4. The van der Waals surface area contributed by atoms with Crippen LogP contribution < -0.4 is 15.2 Å². The number of hydrogen-bond donors (Lipinski definition) is 1. The predicted molar refractivity (Wildman–Crippen MR) is 137 cm³/mol. The van der Waals surface area contributed by atoms with Crippen LogP contribution in [0.1, 0.15) is 19.3 Å². The molecule has 38 heavy (non-hydrogen) atoms. The number of methoxy groups -OCH3 is 1. The average Bonchev–Trinajstić information content (AvgIpc) is 3.28. The third-order valence-electron chi connectivity index (χ3n) is 7.38. The van der Waals surface area contributed by atoms with Crippen molar-refractivity contribution in [3.8, 4) is 28.3 Å². The van der Waals surface area contributed by atoms with Crippen LogP contribution in [0.25, 0.3) is 22.5 Å². The molecule has 0 saturated carbocycles. The van der Waals surface area contributed by atoms with E-state index in [2.05, 4.69) is 15.0 Å². The van der Waals surface area contributed by atoms with Crippen molar-refractivity contribution in [1.29, 1.82) is 0 Å². The molecule has 2 aliphatic heterocycles. The number of carbonyl (C=O) groups is 1. The molecule has 4 heterocycles. The number of hydrogen-bond acceptors (Lipinski definition) is 8. The summed E-state index contributed by atoms with van der Waals surface area (Å²) >= 11 is 0. The van der Waals surface area contributed by atoms with Gasteiger partial charge in [0.25, 0.3) is 5.56 Å². The van der Waals surface area contributed by atoms with Crippen molar-refractivity contribution in [2.24, 2.45) is 7.05 Å². The number of aryl methyl sites for hydroxylation is 1. The Morgan fingerprint density at radius 3 is 2.68 bits per heavy atom. The Labute approximate surface area is 218 Å². The Morgan fingerprint density at radius 1 is 1.18 bits per heavy atom. The van der Waals surface area contributed by atoms with Crippen LogP contribution in [-0.4, -0.2) is 80.9 Å². The molecule has 5 rings (SSSR count). The van der Waals surface area contributed by atoms with Gasteiger partial charge in [0.2, 0.25) is 0 Å². The number of amides is 1. The maximum atomic E-state index is 15.4. The van der Waals surface area contributed by atoms with Gasteiger partial charge in [-0.05, 0) is 31.4 Å². The zero-order valence-corrected chi connectivity index (χ0v) is 21.3. The summed E-state index contributed by atoms with van der Waals surface area (Å²) in [5.74, 6) is 0.966. The molecule has 1 aromatic carbocycles. The summed E-state index contributed by atoms with van der Waals surface area (Å²) < 4.78 is 27.6. The molecule has 0 aliphatic carbocycles. The van der Waals surface area contributed by atoms with E-state index in [1.165, 1.54) is 29.0 Å². The minimum atomic E-state index is -1.32. The molecule has 200 valence electrons. The molecule has 0 radical (unpaired) electrons.